The number of nitrogens with one attached hydrogen (secondary N) is 1. The molecule has 0 aromatic heterocycles. The van der Waals surface area contributed by atoms with Gasteiger partial charge >= 0.3 is 0 Å². The molecule has 3 rings (SSSR count). The third-order valence-corrected chi connectivity index (χ3v) is 4.13. The van der Waals surface area contributed by atoms with Crippen molar-refractivity contribution >= 4 is 29.4 Å². The number of aromatic carboxylic acids is 1. The summed E-state index contributed by atoms with van der Waals surface area (Å²) in [6.45, 7) is 0.357. The first-order chi connectivity index (χ1) is 12.9. The smallest absolute Gasteiger partial charge is 0.261 e. The molecule has 27 heavy (non-hydrogen) atoms. The Hall–Kier alpha value is -3.52. The molecule has 1 aliphatic heterocycles. The fraction of sp³-hybridized carbons (Fsp3) is 0.158. The van der Waals surface area contributed by atoms with Gasteiger partial charge in [-0.25, -0.2) is 0 Å². The van der Waals surface area contributed by atoms with Gasteiger partial charge in [-0.15, -0.1) is 0 Å². The number of nitrogens with zero attached hydrogens (tertiary/aromatic N) is 1. The Morgan fingerprint density at radius 3 is 2.26 bits per heavy atom. The van der Waals surface area contributed by atoms with E-state index in [1.54, 1.807) is 0 Å². The number of methoxy groups -OCH3 is 1. The van der Waals surface area contributed by atoms with E-state index in [0.29, 0.717) is 5.69 Å². The number of hydrogen-bond donors (Lipinski definition) is 1. The zero-order valence-electron chi connectivity index (χ0n) is 14.4. The lowest BCUT2D eigenvalue weighted by molar-refractivity contribution is -0.255. The van der Waals surface area contributed by atoms with E-state index in [9.17, 15) is 24.3 Å². The van der Waals surface area contributed by atoms with Gasteiger partial charge in [0.1, 0.15) is 0 Å². The Morgan fingerprint density at radius 1 is 1.00 bits per heavy atom. The maximum Gasteiger partial charge on any atom is 0.261 e. The molecule has 0 aliphatic carbocycles. The molecule has 0 spiro atoms. The molecule has 0 fully saturated rings. The van der Waals surface area contributed by atoms with Crippen LogP contribution < -0.4 is 10.4 Å². The second-order valence-electron chi connectivity index (χ2n) is 5.83. The molecular weight excluding hydrogens is 352 g/mol. The predicted octanol–water partition coefficient (Wildman–Crippen LogP) is 0.545. The summed E-state index contributed by atoms with van der Waals surface area (Å²) in [6, 6.07) is 9.74. The fourth-order valence-electron chi connectivity index (χ4n) is 2.71. The number of carbonyl (C=O) groups is 4. The molecule has 138 valence electrons. The minimum absolute atomic E-state index is 0.00853. The van der Waals surface area contributed by atoms with Crippen LogP contribution in [-0.2, 0) is 4.74 Å². The molecule has 8 nitrogen and oxygen atoms in total. The van der Waals surface area contributed by atoms with Crippen molar-refractivity contribution in [3.05, 3.63) is 64.7 Å². The molecule has 1 aliphatic rings. The summed E-state index contributed by atoms with van der Waals surface area (Å²) in [5, 5.41) is 13.3. The van der Waals surface area contributed by atoms with E-state index in [-0.39, 0.29) is 35.4 Å². The zero-order chi connectivity index (χ0) is 19.6. The molecule has 0 unspecified atom stereocenters. The van der Waals surface area contributed by atoms with Crippen LogP contribution in [0.25, 0.3) is 0 Å². The van der Waals surface area contributed by atoms with Gasteiger partial charge < -0.3 is 20.0 Å². The average molecular weight is 367 g/mol. The third kappa shape index (κ3) is 3.56. The van der Waals surface area contributed by atoms with Crippen LogP contribution in [0.2, 0.25) is 0 Å². The van der Waals surface area contributed by atoms with E-state index >= 15 is 0 Å². The van der Waals surface area contributed by atoms with E-state index in [1.807, 2.05) is 0 Å². The summed E-state index contributed by atoms with van der Waals surface area (Å²) in [7, 11) is 1.47. The van der Waals surface area contributed by atoms with E-state index in [1.165, 1.54) is 49.6 Å². The highest BCUT2D eigenvalue weighted by atomic mass is 16.5. The Balaban J connectivity index is 1.78. The molecule has 0 radical (unpaired) electrons. The largest absolute Gasteiger partial charge is 0.545 e. The quantitative estimate of drug-likeness (QED) is 0.745. The van der Waals surface area contributed by atoms with Crippen molar-refractivity contribution in [2.24, 2.45) is 0 Å². The summed E-state index contributed by atoms with van der Waals surface area (Å²) in [6.07, 6.45) is 0. The summed E-state index contributed by atoms with van der Waals surface area (Å²) in [4.78, 5) is 48.9. The Labute approximate surface area is 154 Å². The predicted molar refractivity (Wildman–Crippen MR) is 92.4 cm³/mol. The summed E-state index contributed by atoms with van der Waals surface area (Å²) in [5.74, 6) is -2.70. The first kappa shape index (κ1) is 18.3. The van der Waals surface area contributed by atoms with Crippen molar-refractivity contribution in [1.29, 1.82) is 0 Å². The standard InChI is InChI=1S/C19H16N2O6/c1-27-9-8-21-17(23)14-7-4-12(10-15(14)18(21)24)16(22)20-13-5-2-11(3-6-13)19(25)26/h2-7,10H,8-9H2,1H3,(H,20,22)(H,25,26)/p-1. The number of hydrogen-bond acceptors (Lipinski definition) is 6. The van der Waals surface area contributed by atoms with Crippen molar-refractivity contribution in [3.8, 4) is 0 Å². The molecule has 0 bridgehead atoms. The molecule has 1 heterocycles. The normalized spacial score (nSPS) is 12.9. The van der Waals surface area contributed by atoms with Gasteiger partial charge in [0.15, 0.2) is 0 Å². The summed E-state index contributed by atoms with van der Waals surface area (Å²) < 4.78 is 4.90. The highest BCUT2D eigenvalue weighted by Crippen LogP contribution is 2.24. The minimum Gasteiger partial charge on any atom is -0.545 e. The van der Waals surface area contributed by atoms with E-state index in [4.69, 9.17) is 4.74 Å². The van der Waals surface area contributed by atoms with Crippen molar-refractivity contribution in [3.63, 3.8) is 0 Å². The second-order valence-corrected chi connectivity index (χ2v) is 5.83. The number of anilines is 1. The van der Waals surface area contributed by atoms with E-state index in [0.717, 1.165) is 4.90 Å². The number of carboxylic acids is 1. The van der Waals surface area contributed by atoms with Gasteiger partial charge in [-0.3, -0.25) is 19.3 Å². The van der Waals surface area contributed by atoms with Crippen LogP contribution in [0, 0.1) is 0 Å². The van der Waals surface area contributed by atoms with Gasteiger partial charge in [-0.05, 0) is 35.9 Å². The number of fused-ring (bicyclic) bond motifs is 1. The van der Waals surface area contributed by atoms with Crippen LogP contribution in [-0.4, -0.2) is 48.9 Å². The van der Waals surface area contributed by atoms with Gasteiger partial charge in [0.05, 0.1) is 30.2 Å². The topological polar surface area (TPSA) is 116 Å². The van der Waals surface area contributed by atoms with Crippen molar-refractivity contribution in [2.45, 2.75) is 0 Å². The van der Waals surface area contributed by atoms with Crippen LogP contribution in [0.1, 0.15) is 41.4 Å². The Kier molecular flexibility index (Phi) is 5.00. The first-order valence-corrected chi connectivity index (χ1v) is 8.04. The molecule has 0 saturated heterocycles. The van der Waals surface area contributed by atoms with Gasteiger partial charge in [-0.1, -0.05) is 12.1 Å². The first-order valence-electron chi connectivity index (χ1n) is 8.04. The number of benzene rings is 2. The Morgan fingerprint density at radius 2 is 1.63 bits per heavy atom. The lowest BCUT2D eigenvalue weighted by Crippen LogP contribution is -2.32. The number of amides is 3. The van der Waals surface area contributed by atoms with Crippen LogP contribution in [0.5, 0.6) is 0 Å². The van der Waals surface area contributed by atoms with Gasteiger partial charge in [0, 0.05) is 18.4 Å². The van der Waals surface area contributed by atoms with Crippen LogP contribution in [0.4, 0.5) is 5.69 Å². The number of rotatable bonds is 6. The van der Waals surface area contributed by atoms with Crippen LogP contribution in [0.15, 0.2) is 42.5 Å². The number of imide groups is 1. The minimum atomic E-state index is -1.31. The summed E-state index contributed by atoms with van der Waals surface area (Å²) >= 11 is 0. The van der Waals surface area contributed by atoms with Gasteiger partial charge in [0.2, 0.25) is 0 Å². The third-order valence-electron chi connectivity index (χ3n) is 4.13. The maximum absolute atomic E-state index is 12.4. The number of ether oxygens (including phenoxy) is 1. The monoisotopic (exact) mass is 367 g/mol. The SMILES string of the molecule is COCCN1C(=O)c2ccc(C(=O)Nc3ccc(C(=O)[O-])cc3)cc2C1=O. The molecule has 2 aromatic carbocycles. The molecule has 0 saturated carbocycles. The summed E-state index contributed by atoms with van der Waals surface area (Å²) in [5.41, 5.74) is 0.981. The van der Waals surface area contributed by atoms with Crippen molar-refractivity contribution in [2.75, 3.05) is 25.6 Å². The molecule has 8 heteroatoms. The van der Waals surface area contributed by atoms with Gasteiger partial charge in [0.25, 0.3) is 17.7 Å². The maximum atomic E-state index is 12.4. The lowest BCUT2D eigenvalue weighted by atomic mass is 10.1. The number of carbonyl (C=O) groups excluding carboxylic acids is 4. The highest BCUT2D eigenvalue weighted by molar-refractivity contribution is 6.22. The zero-order valence-corrected chi connectivity index (χ0v) is 14.4. The molecule has 2 aromatic rings. The fourth-order valence-corrected chi connectivity index (χ4v) is 2.71. The highest BCUT2D eigenvalue weighted by Gasteiger charge is 2.35. The van der Waals surface area contributed by atoms with E-state index in [2.05, 4.69) is 5.32 Å². The molecular formula is C19H15N2O6-. The number of carboxylic acid groups (broad SMARTS) is 1. The van der Waals surface area contributed by atoms with Crippen LogP contribution >= 0.6 is 0 Å². The van der Waals surface area contributed by atoms with Crippen molar-refractivity contribution < 1.29 is 29.0 Å². The lowest BCUT2D eigenvalue weighted by Gasteiger charge is -2.12. The van der Waals surface area contributed by atoms with E-state index < -0.39 is 23.7 Å². The van der Waals surface area contributed by atoms with Crippen molar-refractivity contribution in [1.82, 2.24) is 4.90 Å². The Bertz CT molecular complexity index is 936. The van der Waals surface area contributed by atoms with Gasteiger partial charge in [-0.2, -0.15) is 0 Å². The average Bonchev–Trinajstić information content (AvgIpc) is 2.90. The molecule has 0 atom stereocenters. The molecule has 1 N–H and O–H groups in total. The van der Waals surface area contributed by atoms with Crippen LogP contribution in [0.3, 0.4) is 0 Å². The second kappa shape index (κ2) is 7.38. The molecule has 3 amide bonds.